The van der Waals surface area contributed by atoms with Crippen molar-refractivity contribution >= 4 is 5.91 Å². The molecule has 1 amide bonds. The summed E-state index contributed by atoms with van der Waals surface area (Å²) in [5, 5.41) is 4.29. The van der Waals surface area contributed by atoms with Crippen molar-refractivity contribution in [3.05, 3.63) is 53.9 Å². The van der Waals surface area contributed by atoms with Crippen LogP contribution in [0.5, 0.6) is 0 Å². The summed E-state index contributed by atoms with van der Waals surface area (Å²) in [6.45, 7) is 4.94. The lowest BCUT2D eigenvalue weighted by Crippen LogP contribution is -2.38. The van der Waals surface area contributed by atoms with Gasteiger partial charge in [-0.1, -0.05) is 12.1 Å². The van der Waals surface area contributed by atoms with E-state index in [4.69, 9.17) is 0 Å². The van der Waals surface area contributed by atoms with Crippen LogP contribution in [0, 0.1) is 0 Å². The minimum atomic E-state index is 0.165. The second kappa shape index (κ2) is 7.40. The quantitative estimate of drug-likeness (QED) is 0.842. The largest absolute Gasteiger partial charge is 0.334 e. The Kier molecular flexibility index (Phi) is 4.83. The third-order valence-corrected chi connectivity index (χ3v) is 5.37. The van der Waals surface area contributed by atoms with E-state index >= 15 is 0 Å². The molecule has 5 nitrogen and oxygen atoms in total. The van der Waals surface area contributed by atoms with E-state index in [-0.39, 0.29) is 11.9 Å². The second-order valence-electron chi connectivity index (χ2n) is 7.21. The highest BCUT2D eigenvalue weighted by atomic mass is 16.2. The predicted octanol–water partition coefficient (Wildman–Crippen LogP) is 2.78. The summed E-state index contributed by atoms with van der Waals surface area (Å²) in [6.07, 6.45) is 8.48. The molecule has 4 rings (SSSR count). The zero-order valence-electron chi connectivity index (χ0n) is 14.7. The molecular formula is C20H26N4O. The molecule has 0 aliphatic carbocycles. The predicted molar refractivity (Wildman–Crippen MR) is 97.2 cm³/mol. The van der Waals surface area contributed by atoms with Crippen molar-refractivity contribution in [3.8, 4) is 0 Å². The van der Waals surface area contributed by atoms with E-state index in [2.05, 4.69) is 22.1 Å². The maximum atomic E-state index is 13.1. The highest BCUT2D eigenvalue weighted by Crippen LogP contribution is 2.22. The number of amides is 1. The Morgan fingerprint density at radius 2 is 2.00 bits per heavy atom. The van der Waals surface area contributed by atoms with Crippen molar-refractivity contribution in [2.75, 3.05) is 19.6 Å². The first kappa shape index (κ1) is 16.3. The Bertz CT molecular complexity index is 706. The highest BCUT2D eigenvalue weighted by molar-refractivity contribution is 5.94. The van der Waals surface area contributed by atoms with Gasteiger partial charge in [-0.3, -0.25) is 14.4 Å². The van der Waals surface area contributed by atoms with E-state index in [9.17, 15) is 4.79 Å². The number of carbonyl (C=O) groups excluding carboxylic acids is 1. The lowest BCUT2D eigenvalue weighted by atomic mass is 10.1. The molecule has 1 aromatic heterocycles. The van der Waals surface area contributed by atoms with Gasteiger partial charge in [0.2, 0.25) is 0 Å². The topological polar surface area (TPSA) is 41.4 Å². The fraction of sp³-hybridized carbons (Fsp3) is 0.500. The Morgan fingerprint density at radius 1 is 1.12 bits per heavy atom. The Balaban J connectivity index is 1.45. The third kappa shape index (κ3) is 3.76. The third-order valence-electron chi connectivity index (χ3n) is 5.37. The van der Waals surface area contributed by atoms with Gasteiger partial charge in [0.1, 0.15) is 0 Å². The SMILES string of the molecule is O=C(c1cccc(CN2CCCC2)c1)N1CCC[C@H]1Cn1cccn1. The molecule has 0 radical (unpaired) electrons. The van der Waals surface area contributed by atoms with Gasteiger partial charge >= 0.3 is 0 Å². The average molecular weight is 338 g/mol. The molecule has 2 aliphatic rings. The Labute approximate surface area is 149 Å². The van der Waals surface area contributed by atoms with Gasteiger partial charge in [0, 0.05) is 31.0 Å². The monoisotopic (exact) mass is 338 g/mol. The number of hydrogen-bond acceptors (Lipinski definition) is 3. The summed E-state index contributed by atoms with van der Waals surface area (Å²) >= 11 is 0. The number of benzene rings is 1. The molecule has 2 fully saturated rings. The van der Waals surface area contributed by atoms with Crippen molar-refractivity contribution in [1.82, 2.24) is 19.6 Å². The minimum Gasteiger partial charge on any atom is -0.334 e. The number of aromatic nitrogens is 2. The van der Waals surface area contributed by atoms with Crippen molar-refractivity contribution < 1.29 is 4.79 Å². The molecule has 3 heterocycles. The lowest BCUT2D eigenvalue weighted by molar-refractivity contribution is 0.0721. The molecule has 0 saturated carbocycles. The van der Waals surface area contributed by atoms with Crippen LogP contribution in [0.2, 0.25) is 0 Å². The zero-order valence-corrected chi connectivity index (χ0v) is 14.7. The first-order valence-electron chi connectivity index (χ1n) is 9.39. The minimum absolute atomic E-state index is 0.165. The number of hydrogen-bond donors (Lipinski definition) is 0. The molecule has 2 aliphatic heterocycles. The maximum Gasteiger partial charge on any atom is 0.254 e. The molecule has 1 aromatic carbocycles. The van der Waals surface area contributed by atoms with E-state index in [0.717, 1.165) is 38.0 Å². The van der Waals surface area contributed by atoms with E-state index in [1.165, 1.54) is 31.5 Å². The van der Waals surface area contributed by atoms with Crippen LogP contribution < -0.4 is 0 Å². The number of likely N-dealkylation sites (tertiary alicyclic amines) is 2. The fourth-order valence-corrected chi connectivity index (χ4v) is 4.08. The molecule has 0 spiro atoms. The van der Waals surface area contributed by atoms with Crippen molar-refractivity contribution in [1.29, 1.82) is 0 Å². The molecule has 5 heteroatoms. The number of nitrogens with zero attached hydrogens (tertiary/aromatic N) is 4. The summed E-state index contributed by atoms with van der Waals surface area (Å²) in [4.78, 5) is 17.6. The van der Waals surface area contributed by atoms with Gasteiger partial charge in [0.05, 0.1) is 12.6 Å². The molecular weight excluding hydrogens is 312 g/mol. The van der Waals surface area contributed by atoms with E-state index < -0.39 is 0 Å². The summed E-state index contributed by atoms with van der Waals surface area (Å²) in [5.74, 6) is 0.165. The molecule has 25 heavy (non-hydrogen) atoms. The van der Waals surface area contributed by atoms with Gasteiger partial charge in [-0.2, -0.15) is 5.10 Å². The van der Waals surface area contributed by atoms with E-state index in [1.807, 2.05) is 34.0 Å². The van der Waals surface area contributed by atoms with Crippen molar-refractivity contribution in [3.63, 3.8) is 0 Å². The first-order chi connectivity index (χ1) is 12.3. The molecule has 0 unspecified atom stereocenters. The Hall–Kier alpha value is -2.14. The molecule has 1 atom stereocenters. The van der Waals surface area contributed by atoms with Crippen LogP contribution in [0.3, 0.4) is 0 Å². The van der Waals surface area contributed by atoms with E-state index in [1.54, 1.807) is 6.20 Å². The second-order valence-corrected chi connectivity index (χ2v) is 7.21. The van der Waals surface area contributed by atoms with Gasteiger partial charge in [-0.15, -0.1) is 0 Å². The van der Waals surface area contributed by atoms with Crippen molar-refractivity contribution in [2.24, 2.45) is 0 Å². The standard InChI is InChI=1S/C20H26N4O/c25-20(24-13-4-8-19(24)16-23-12-5-9-21-23)18-7-3-6-17(14-18)15-22-10-1-2-11-22/h3,5-7,9,12,14,19H,1-2,4,8,10-11,13,15-16H2/t19-/m0/s1. The maximum absolute atomic E-state index is 13.1. The van der Waals surface area contributed by atoms with Gasteiger partial charge in [0.15, 0.2) is 0 Å². The van der Waals surface area contributed by atoms with Crippen molar-refractivity contribution in [2.45, 2.75) is 44.8 Å². The van der Waals surface area contributed by atoms with Gasteiger partial charge in [-0.05, 0) is 62.5 Å². The van der Waals surface area contributed by atoms with Crippen LogP contribution in [0.25, 0.3) is 0 Å². The molecule has 2 aromatic rings. The zero-order chi connectivity index (χ0) is 17.1. The van der Waals surface area contributed by atoms with E-state index in [0.29, 0.717) is 0 Å². The van der Waals surface area contributed by atoms with Gasteiger partial charge in [0.25, 0.3) is 5.91 Å². The summed E-state index contributed by atoms with van der Waals surface area (Å²) in [6, 6.07) is 10.4. The lowest BCUT2D eigenvalue weighted by Gasteiger charge is -2.25. The summed E-state index contributed by atoms with van der Waals surface area (Å²) in [5.41, 5.74) is 2.07. The van der Waals surface area contributed by atoms with Crippen LogP contribution in [0.15, 0.2) is 42.7 Å². The number of rotatable bonds is 5. The normalized spacial score (nSPS) is 21.1. The molecule has 2 saturated heterocycles. The fourth-order valence-electron chi connectivity index (χ4n) is 4.08. The van der Waals surface area contributed by atoms with Crippen LogP contribution in [0.1, 0.15) is 41.6 Å². The van der Waals surface area contributed by atoms with Crippen LogP contribution >= 0.6 is 0 Å². The number of carbonyl (C=O) groups is 1. The summed E-state index contributed by atoms with van der Waals surface area (Å²) in [7, 11) is 0. The Morgan fingerprint density at radius 3 is 2.80 bits per heavy atom. The molecule has 0 N–H and O–H groups in total. The summed E-state index contributed by atoms with van der Waals surface area (Å²) < 4.78 is 1.93. The van der Waals surface area contributed by atoms with Crippen LogP contribution in [-0.4, -0.2) is 51.2 Å². The average Bonchev–Trinajstić information content (AvgIpc) is 3.38. The van der Waals surface area contributed by atoms with Crippen LogP contribution in [0.4, 0.5) is 0 Å². The van der Waals surface area contributed by atoms with Gasteiger partial charge < -0.3 is 4.90 Å². The van der Waals surface area contributed by atoms with Gasteiger partial charge in [-0.25, -0.2) is 0 Å². The molecule has 132 valence electrons. The highest BCUT2D eigenvalue weighted by Gasteiger charge is 2.29. The smallest absolute Gasteiger partial charge is 0.254 e. The molecule has 0 bridgehead atoms. The first-order valence-corrected chi connectivity index (χ1v) is 9.39. The van der Waals surface area contributed by atoms with Crippen LogP contribution in [-0.2, 0) is 13.1 Å².